The second kappa shape index (κ2) is 7.46. The first-order chi connectivity index (χ1) is 10.9. The van der Waals surface area contributed by atoms with Gasteiger partial charge in [0.25, 0.3) is 0 Å². The molecular weight excluding hydrogens is 329 g/mol. The van der Waals surface area contributed by atoms with Crippen LogP contribution in [0, 0.1) is 0 Å². The molecule has 0 unspecified atom stereocenters. The van der Waals surface area contributed by atoms with Crippen LogP contribution in [-0.4, -0.2) is 10.7 Å². The Morgan fingerprint density at radius 3 is 2.65 bits per heavy atom. The highest BCUT2D eigenvalue weighted by atomic mass is 35.5. The van der Waals surface area contributed by atoms with Crippen molar-refractivity contribution in [2.45, 2.75) is 26.1 Å². The van der Waals surface area contributed by atoms with Gasteiger partial charge in [-0.1, -0.05) is 29.7 Å². The molecule has 0 bridgehead atoms. The van der Waals surface area contributed by atoms with Gasteiger partial charge in [0.1, 0.15) is 0 Å². The Labute approximate surface area is 136 Å². The van der Waals surface area contributed by atoms with Crippen molar-refractivity contribution in [1.29, 1.82) is 0 Å². The summed E-state index contributed by atoms with van der Waals surface area (Å²) in [6, 6.07) is 8.68. The largest absolute Gasteiger partial charge is 0.417 e. The zero-order chi connectivity index (χ0) is 16.9. The Morgan fingerprint density at radius 2 is 2.04 bits per heavy atom. The van der Waals surface area contributed by atoms with Gasteiger partial charge in [-0.3, -0.25) is 4.98 Å². The molecule has 23 heavy (non-hydrogen) atoms. The maximum Gasteiger partial charge on any atom is 0.417 e. The lowest BCUT2D eigenvalue weighted by atomic mass is 10.0. The summed E-state index contributed by atoms with van der Waals surface area (Å²) in [5.41, 5.74) is -0.0537. The molecule has 0 radical (unpaired) electrons. The molecule has 0 aliphatic carbocycles. The van der Waals surface area contributed by atoms with Crippen LogP contribution in [0.5, 0.6) is 0 Å². The third-order valence-electron chi connectivity index (χ3n) is 3.05. The number of halogens is 4. The topological polar surface area (TPSA) is 34.5 Å². The summed E-state index contributed by atoms with van der Waals surface area (Å²) in [6.07, 6.45) is -2.62. The number of pyridine rings is 1. The molecule has 0 aliphatic rings. The molecule has 0 atom stereocenters. The molecule has 0 aliphatic heterocycles. The van der Waals surface area contributed by atoms with Gasteiger partial charge in [0.2, 0.25) is 0 Å². The number of nitrogens with zero attached hydrogens (tertiary/aromatic N) is 2. The van der Waals surface area contributed by atoms with Crippen molar-refractivity contribution in [2.75, 3.05) is 0 Å². The van der Waals surface area contributed by atoms with Gasteiger partial charge in [0.15, 0.2) is 6.61 Å². The van der Waals surface area contributed by atoms with Gasteiger partial charge in [-0.15, -0.1) is 0 Å². The molecule has 7 heteroatoms. The third kappa shape index (κ3) is 4.69. The predicted molar refractivity (Wildman–Crippen MR) is 82.3 cm³/mol. The van der Waals surface area contributed by atoms with Crippen LogP contribution in [0.4, 0.5) is 13.2 Å². The summed E-state index contributed by atoms with van der Waals surface area (Å²) in [5.74, 6) is 0. The lowest BCUT2D eigenvalue weighted by Crippen LogP contribution is -2.13. The second-order valence-electron chi connectivity index (χ2n) is 4.67. The summed E-state index contributed by atoms with van der Waals surface area (Å²) in [7, 11) is 0. The number of hydrogen-bond donors (Lipinski definition) is 0. The third-order valence-corrected chi connectivity index (χ3v) is 3.28. The minimum Gasteiger partial charge on any atom is -0.389 e. The van der Waals surface area contributed by atoms with Crippen molar-refractivity contribution in [2.24, 2.45) is 5.16 Å². The normalized spacial score (nSPS) is 12.3. The van der Waals surface area contributed by atoms with Crippen LogP contribution in [-0.2, 0) is 17.6 Å². The smallest absolute Gasteiger partial charge is 0.389 e. The number of aromatic nitrogens is 1. The second-order valence-corrected chi connectivity index (χ2v) is 5.11. The fraction of sp³-hybridized carbons (Fsp3) is 0.250. The Balaban J connectivity index is 2.26. The van der Waals surface area contributed by atoms with Crippen molar-refractivity contribution in [3.05, 3.63) is 64.4 Å². The SMILES string of the molecule is CC/C(=N\OCc1ccccn1)c1cc(Cl)ccc1C(F)(F)F. The first-order valence-electron chi connectivity index (χ1n) is 6.87. The van der Waals surface area contributed by atoms with Crippen molar-refractivity contribution in [1.82, 2.24) is 4.98 Å². The van der Waals surface area contributed by atoms with Crippen LogP contribution >= 0.6 is 11.6 Å². The van der Waals surface area contributed by atoms with E-state index in [0.717, 1.165) is 6.07 Å². The zero-order valence-electron chi connectivity index (χ0n) is 12.3. The Bertz CT molecular complexity index is 687. The lowest BCUT2D eigenvalue weighted by Gasteiger charge is -2.14. The van der Waals surface area contributed by atoms with Gasteiger partial charge in [-0.25, -0.2) is 0 Å². The molecule has 2 rings (SSSR count). The van der Waals surface area contributed by atoms with Crippen molar-refractivity contribution >= 4 is 17.3 Å². The van der Waals surface area contributed by atoms with E-state index in [2.05, 4.69) is 10.1 Å². The molecule has 1 aromatic heterocycles. The molecule has 0 spiro atoms. The number of rotatable bonds is 5. The first-order valence-corrected chi connectivity index (χ1v) is 7.25. The highest BCUT2D eigenvalue weighted by Crippen LogP contribution is 2.34. The summed E-state index contributed by atoms with van der Waals surface area (Å²) in [4.78, 5) is 9.20. The van der Waals surface area contributed by atoms with E-state index in [0.29, 0.717) is 5.69 Å². The Hall–Kier alpha value is -2.08. The Kier molecular flexibility index (Phi) is 5.60. The van der Waals surface area contributed by atoms with Crippen LogP contribution < -0.4 is 0 Å². The van der Waals surface area contributed by atoms with E-state index in [-0.39, 0.29) is 29.3 Å². The predicted octanol–water partition coefficient (Wildman–Crippen LogP) is 5.08. The van der Waals surface area contributed by atoms with Crippen LogP contribution in [0.25, 0.3) is 0 Å². The lowest BCUT2D eigenvalue weighted by molar-refractivity contribution is -0.137. The van der Waals surface area contributed by atoms with E-state index >= 15 is 0 Å². The number of alkyl halides is 3. The minimum atomic E-state index is -4.49. The molecule has 1 heterocycles. The summed E-state index contributed by atoms with van der Waals surface area (Å²) >= 11 is 5.82. The maximum absolute atomic E-state index is 13.1. The fourth-order valence-corrected chi connectivity index (χ4v) is 2.14. The van der Waals surface area contributed by atoms with Crippen molar-refractivity contribution < 1.29 is 18.0 Å². The fourth-order valence-electron chi connectivity index (χ4n) is 1.97. The van der Waals surface area contributed by atoms with Crippen LogP contribution in [0.1, 0.15) is 30.2 Å². The van der Waals surface area contributed by atoms with Gasteiger partial charge < -0.3 is 4.84 Å². The quantitative estimate of drug-likeness (QED) is 0.560. The number of oxime groups is 1. The van der Waals surface area contributed by atoms with E-state index in [1.165, 1.54) is 12.1 Å². The van der Waals surface area contributed by atoms with Gasteiger partial charge in [-0.2, -0.15) is 13.2 Å². The summed E-state index contributed by atoms with van der Waals surface area (Å²) in [6.45, 7) is 1.77. The molecule has 0 amide bonds. The highest BCUT2D eigenvalue weighted by Gasteiger charge is 2.34. The molecular formula is C16H14ClF3N2O. The molecule has 0 N–H and O–H groups in total. The Morgan fingerprint density at radius 1 is 1.26 bits per heavy atom. The maximum atomic E-state index is 13.1. The summed E-state index contributed by atoms with van der Waals surface area (Å²) in [5, 5.41) is 4.05. The van der Waals surface area contributed by atoms with Gasteiger partial charge in [0, 0.05) is 16.8 Å². The molecule has 122 valence electrons. The monoisotopic (exact) mass is 342 g/mol. The molecule has 1 aromatic carbocycles. The molecule has 2 aromatic rings. The summed E-state index contributed by atoms with van der Waals surface area (Å²) < 4.78 is 39.3. The van der Waals surface area contributed by atoms with Crippen molar-refractivity contribution in [3.63, 3.8) is 0 Å². The highest BCUT2D eigenvalue weighted by molar-refractivity contribution is 6.31. The van der Waals surface area contributed by atoms with Crippen LogP contribution in [0.15, 0.2) is 47.8 Å². The van der Waals surface area contributed by atoms with Gasteiger partial charge in [0.05, 0.1) is 17.0 Å². The van der Waals surface area contributed by atoms with Crippen LogP contribution in [0.3, 0.4) is 0 Å². The zero-order valence-corrected chi connectivity index (χ0v) is 13.0. The van der Waals surface area contributed by atoms with E-state index in [1.54, 1.807) is 31.3 Å². The van der Waals surface area contributed by atoms with Crippen molar-refractivity contribution in [3.8, 4) is 0 Å². The molecule has 0 fully saturated rings. The number of hydrogen-bond acceptors (Lipinski definition) is 3. The average molecular weight is 343 g/mol. The van der Waals surface area contributed by atoms with Gasteiger partial charge >= 0.3 is 6.18 Å². The number of benzene rings is 1. The van der Waals surface area contributed by atoms with E-state index in [4.69, 9.17) is 16.4 Å². The average Bonchev–Trinajstić information content (AvgIpc) is 2.51. The molecule has 0 saturated heterocycles. The van der Waals surface area contributed by atoms with E-state index < -0.39 is 11.7 Å². The van der Waals surface area contributed by atoms with Gasteiger partial charge in [-0.05, 0) is 36.8 Å². The first kappa shape index (κ1) is 17.3. The molecule has 3 nitrogen and oxygen atoms in total. The van der Waals surface area contributed by atoms with Crippen LogP contribution in [0.2, 0.25) is 5.02 Å². The standard InChI is InChI=1S/C16H14ClF3N2O/c1-2-15(22-23-10-12-5-3-4-8-21-12)13-9-11(17)6-7-14(13)16(18,19)20/h3-9H,2,10H2,1H3/b22-15+. The van der Waals surface area contributed by atoms with E-state index in [1.807, 2.05) is 0 Å². The molecule has 0 saturated carbocycles. The minimum absolute atomic E-state index is 0.0754. The van der Waals surface area contributed by atoms with E-state index in [9.17, 15) is 13.2 Å².